The maximum absolute atomic E-state index is 10.4. The number of halogens is 2. The van der Waals surface area contributed by atoms with Crippen LogP contribution in [0.2, 0.25) is 10.0 Å². The Morgan fingerprint density at radius 1 is 1.47 bits per heavy atom. The summed E-state index contributed by atoms with van der Waals surface area (Å²) < 4.78 is 0. The Labute approximate surface area is 109 Å². The predicted molar refractivity (Wildman–Crippen MR) is 66.8 cm³/mol. The van der Waals surface area contributed by atoms with Crippen molar-refractivity contribution in [3.8, 4) is 0 Å². The summed E-state index contributed by atoms with van der Waals surface area (Å²) in [4.78, 5) is 14.0. The SMILES string of the molecule is CC/C(=N\O)C(N=C=O)c1ccc(Cl)c(Cl)c1. The summed E-state index contributed by atoms with van der Waals surface area (Å²) in [7, 11) is 0. The van der Waals surface area contributed by atoms with Crippen LogP contribution in [0.5, 0.6) is 0 Å². The molecule has 0 heterocycles. The minimum atomic E-state index is -0.683. The van der Waals surface area contributed by atoms with Gasteiger partial charge in [0.1, 0.15) is 6.04 Å². The van der Waals surface area contributed by atoms with Gasteiger partial charge in [-0.15, -0.1) is 0 Å². The number of benzene rings is 1. The second-order valence-electron chi connectivity index (χ2n) is 3.24. The van der Waals surface area contributed by atoms with Crippen LogP contribution in [0, 0.1) is 0 Å². The van der Waals surface area contributed by atoms with Gasteiger partial charge in [-0.2, -0.15) is 4.99 Å². The lowest BCUT2D eigenvalue weighted by molar-refractivity contribution is 0.315. The molecule has 1 aromatic carbocycles. The van der Waals surface area contributed by atoms with Crippen molar-refractivity contribution in [1.29, 1.82) is 0 Å². The van der Waals surface area contributed by atoms with Crippen LogP contribution < -0.4 is 0 Å². The van der Waals surface area contributed by atoms with Crippen molar-refractivity contribution in [2.24, 2.45) is 10.1 Å². The number of carbonyl (C=O) groups excluding carboxylic acids is 1. The van der Waals surface area contributed by atoms with Gasteiger partial charge in [-0.25, -0.2) is 4.79 Å². The molecule has 0 fully saturated rings. The number of aliphatic imine (C=N–C) groups is 1. The van der Waals surface area contributed by atoms with Crippen molar-refractivity contribution in [3.63, 3.8) is 0 Å². The molecule has 1 unspecified atom stereocenters. The highest BCUT2D eigenvalue weighted by Crippen LogP contribution is 2.28. The van der Waals surface area contributed by atoms with Gasteiger partial charge in [0.05, 0.1) is 15.8 Å². The highest BCUT2D eigenvalue weighted by Gasteiger charge is 2.17. The van der Waals surface area contributed by atoms with Crippen molar-refractivity contribution in [3.05, 3.63) is 33.8 Å². The van der Waals surface area contributed by atoms with Gasteiger partial charge in [-0.1, -0.05) is 41.3 Å². The zero-order chi connectivity index (χ0) is 12.8. The molecule has 4 nitrogen and oxygen atoms in total. The Morgan fingerprint density at radius 2 is 2.18 bits per heavy atom. The zero-order valence-corrected chi connectivity index (χ0v) is 10.5. The van der Waals surface area contributed by atoms with Crippen LogP contribution in [0.3, 0.4) is 0 Å². The summed E-state index contributed by atoms with van der Waals surface area (Å²) in [5, 5.41) is 12.7. The molecular weight excluding hydrogens is 263 g/mol. The molecule has 1 aromatic rings. The minimum absolute atomic E-state index is 0.351. The molecule has 0 aliphatic rings. The summed E-state index contributed by atoms with van der Waals surface area (Å²) in [5.74, 6) is 0. The van der Waals surface area contributed by atoms with Gasteiger partial charge < -0.3 is 5.21 Å². The Bertz CT molecular complexity index is 482. The van der Waals surface area contributed by atoms with Crippen LogP contribution in [-0.2, 0) is 4.79 Å². The van der Waals surface area contributed by atoms with Crippen molar-refractivity contribution in [2.45, 2.75) is 19.4 Å². The zero-order valence-electron chi connectivity index (χ0n) is 9.02. The molecule has 0 spiro atoms. The Kier molecular flexibility index (Phi) is 5.16. The smallest absolute Gasteiger partial charge is 0.235 e. The average Bonchev–Trinajstić information content (AvgIpc) is 2.33. The lowest BCUT2D eigenvalue weighted by Crippen LogP contribution is -2.09. The number of rotatable bonds is 4. The van der Waals surface area contributed by atoms with E-state index in [2.05, 4.69) is 10.1 Å². The lowest BCUT2D eigenvalue weighted by Gasteiger charge is -2.12. The van der Waals surface area contributed by atoms with E-state index in [1.54, 1.807) is 25.1 Å². The first-order valence-electron chi connectivity index (χ1n) is 4.86. The van der Waals surface area contributed by atoms with Crippen LogP contribution in [-0.4, -0.2) is 17.0 Å². The fraction of sp³-hybridized carbons (Fsp3) is 0.273. The van der Waals surface area contributed by atoms with E-state index in [1.807, 2.05) is 0 Å². The summed E-state index contributed by atoms with van der Waals surface area (Å²) in [6, 6.07) is 4.16. The predicted octanol–water partition coefficient (Wildman–Crippen LogP) is 3.61. The summed E-state index contributed by atoms with van der Waals surface area (Å²) in [6.45, 7) is 1.79. The van der Waals surface area contributed by atoms with Crippen LogP contribution >= 0.6 is 23.2 Å². The van der Waals surface area contributed by atoms with E-state index in [4.69, 9.17) is 28.4 Å². The van der Waals surface area contributed by atoms with E-state index >= 15 is 0 Å². The molecule has 6 heteroatoms. The molecule has 0 saturated carbocycles. The van der Waals surface area contributed by atoms with Gasteiger partial charge in [-0.05, 0) is 24.1 Å². The molecule has 0 aliphatic carbocycles. The molecule has 1 atom stereocenters. The Balaban J connectivity index is 3.23. The van der Waals surface area contributed by atoms with Crippen molar-refractivity contribution >= 4 is 35.0 Å². The molecule has 0 aromatic heterocycles. The molecule has 17 heavy (non-hydrogen) atoms. The normalized spacial score (nSPS) is 13.0. The number of hydrogen-bond acceptors (Lipinski definition) is 4. The molecule has 1 N–H and O–H groups in total. The van der Waals surface area contributed by atoms with Crippen molar-refractivity contribution < 1.29 is 10.0 Å². The van der Waals surface area contributed by atoms with E-state index in [-0.39, 0.29) is 0 Å². The topological polar surface area (TPSA) is 62.0 Å². The summed E-state index contributed by atoms with van der Waals surface area (Å²) >= 11 is 11.7. The molecule has 0 amide bonds. The fourth-order valence-corrected chi connectivity index (χ4v) is 1.70. The second kappa shape index (κ2) is 6.40. The van der Waals surface area contributed by atoms with Gasteiger partial charge >= 0.3 is 0 Å². The van der Waals surface area contributed by atoms with E-state index in [0.717, 1.165) is 0 Å². The lowest BCUT2D eigenvalue weighted by atomic mass is 10.0. The molecular formula is C11H10Cl2N2O2. The standard InChI is InChI=1S/C11H10Cl2N2O2/c1-2-10(15-17)11(14-6-16)7-3-4-8(12)9(13)5-7/h3-5,11,17H,2H2,1H3/b15-10+. The second-order valence-corrected chi connectivity index (χ2v) is 4.06. The van der Waals surface area contributed by atoms with E-state index in [1.165, 1.54) is 6.08 Å². The Morgan fingerprint density at radius 3 is 2.65 bits per heavy atom. The Hall–Kier alpha value is -1.35. The van der Waals surface area contributed by atoms with E-state index in [9.17, 15) is 4.79 Å². The van der Waals surface area contributed by atoms with Gasteiger partial charge in [0, 0.05) is 0 Å². The maximum Gasteiger partial charge on any atom is 0.235 e. The fourth-order valence-electron chi connectivity index (χ4n) is 1.40. The molecule has 0 aliphatic heterocycles. The number of oxime groups is 1. The third-order valence-corrected chi connectivity index (χ3v) is 2.99. The summed E-state index contributed by atoms with van der Waals surface area (Å²) in [6.07, 6.45) is 1.91. The van der Waals surface area contributed by atoms with Gasteiger partial charge in [0.25, 0.3) is 0 Å². The number of hydrogen-bond donors (Lipinski definition) is 1. The monoisotopic (exact) mass is 272 g/mol. The van der Waals surface area contributed by atoms with Gasteiger partial charge in [0.15, 0.2) is 0 Å². The van der Waals surface area contributed by atoms with Gasteiger partial charge in [-0.3, -0.25) is 0 Å². The molecule has 0 bridgehead atoms. The number of nitrogens with zero attached hydrogens (tertiary/aromatic N) is 2. The first-order valence-corrected chi connectivity index (χ1v) is 5.62. The largest absolute Gasteiger partial charge is 0.411 e. The van der Waals surface area contributed by atoms with E-state index < -0.39 is 6.04 Å². The first kappa shape index (κ1) is 13.7. The van der Waals surface area contributed by atoms with Crippen LogP contribution in [0.4, 0.5) is 0 Å². The summed E-state index contributed by atoms with van der Waals surface area (Å²) in [5.41, 5.74) is 0.976. The molecule has 1 rings (SSSR count). The third-order valence-electron chi connectivity index (χ3n) is 2.25. The molecule has 0 saturated heterocycles. The first-order chi connectivity index (χ1) is 8.13. The van der Waals surface area contributed by atoms with Crippen LogP contribution in [0.15, 0.2) is 28.3 Å². The van der Waals surface area contributed by atoms with Crippen LogP contribution in [0.1, 0.15) is 24.9 Å². The minimum Gasteiger partial charge on any atom is -0.411 e. The average molecular weight is 273 g/mol. The molecule has 0 radical (unpaired) electrons. The highest BCUT2D eigenvalue weighted by atomic mass is 35.5. The number of isocyanates is 1. The van der Waals surface area contributed by atoms with Crippen molar-refractivity contribution in [1.82, 2.24) is 0 Å². The van der Waals surface area contributed by atoms with Crippen molar-refractivity contribution in [2.75, 3.05) is 0 Å². The highest BCUT2D eigenvalue weighted by molar-refractivity contribution is 6.42. The van der Waals surface area contributed by atoms with E-state index in [0.29, 0.717) is 27.7 Å². The maximum atomic E-state index is 10.4. The third kappa shape index (κ3) is 3.30. The molecule has 90 valence electrons. The quantitative estimate of drug-likeness (QED) is 0.394. The van der Waals surface area contributed by atoms with Gasteiger partial charge in [0.2, 0.25) is 6.08 Å². The van der Waals surface area contributed by atoms with Crippen LogP contribution in [0.25, 0.3) is 0 Å².